The molecule has 1 saturated heterocycles. The lowest BCUT2D eigenvalue weighted by molar-refractivity contribution is -0.152. The fraction of sp³-hybridized carbons (Fsp3) is 0.304. The highest BCUT2D eigenvalue weighted by molar-refractivity contribution is 5.89. The Morgan fingerprint density at radius 1 is 1.15 bits per heavy atom. The van der Waals surface area contributed by atoms with Gasteiger partial charge in [-0.3, -0.25) is 15.1 Å². The molecule has 1 aliphatic rings. The molecule has 1 aliphatic heterocycles. The Balaban J connectivity index is 1.73. The highest BCUT2D eigenvalue weighted by Crippen LogP contribution is 2.35. The number of amides is 1. The van der Waals surface area contributed by atoms with Crippen LogP contribution in [-0.2, 0) is 4.74 Å². The highest BCUT2D eigenvalue weighted by atomic mass is 19.4. The van der Waals surface area contributed by atoms with Gasteiger partial charge in [-0.15, -0.1) is 0 Å². The van der Waals surface area contributed by atoms with Crippen molar-refractivity contribution in [1.82, 2.24) is 15.0 Å². The van der Waals surface area contributed by atoms with Crippen LogP contribution < -0.4 is 15.8 Å². The minimum Gasteiger partial charge on any atom is -0.453 e. The average molecular weight is 473 g/mol. The third-order valence-corrected chi connectivity index (χ3v) is 5.60. The van der Waals surface area contributed by atoms with E-state index in [1.54, 1.807) is 30.3 Å². The first-order valence-corrected chi connectivity index (χ1v) is 10.6. The van der Waals surface area contributed by atoms with Crippen molar-refractivity contribution in [2.45, 2.75) is 31.5 Å². The number of aromatic amines is 1. The summed E-state index contributed by atoms with van der Waals surface area (Å²) in [5.74, 6) is 0.351. The van der Waals surface area contributed by atoms with Crippen LogP contribution >= 0.6 is 0 Å². The number of alkyl halides is 3. The van der Waals surface area contributed by atoms with Crippen LogP contribution in [-0.4, -0.2) is 46.9 Å². The van der Waals surface area contributed by atoms with Crippen molar-refractivity contribution in [2.75, 3.05) is 23.9 Å². The summed E-state index contributed by atoms with van der Waals surface area (Å²) in [5, 5.41) is 2.52. The number of hydrogen-bond donors (Lipinski definition) is 2. The van der Waals surface area contributed by atoms with E-state index >= 15 is 0 Å². The second kappa shape index (κ2) is 9.54. The van der Waals surface area contributed by atoms with Crippen LogP contribution in [0, 0.1) is 0 Å². The summed E-state index contributed by atoms with van der Waals surface area (Å²) in [6, 6.07) is 7.93. The fourth-order valence-electron chi connectivity index (χ4n) is 4.03. The van der Waals surface area contributed by atoms with Gasteiger partial charge in [-0.25, -0.2) is 9.78 Å². The molecule has 8 nitrogen and oxygen atoms in total. The maximum absolute atomic E-state index is 13.6. The molecule has 178 valence electrons. The molecule has 1 atom stereocenters. The summed E-state index contributed by atoms with van der Waals surface area (Å²) >= 11 is 0. The Morgan fingerprint density at radius 3 is 2.74 bits per heavy atom. The second-order valence-electron chi connectivity index (χ2n) is 7.81. The van der Waals surface area contributed by atoms with Crippen LogP contribution in [0.3, 0.4) is 0 Å². The number of aromatic nitrogens is 3. The summed E-state index contributed by atoms with van der Waals surface area (Å²) < 4.78 is 45.4. The standard InChI is InChI=1S/C23H22F3N5O3/c1-34-22(33)30-21-16(5-4-8-28-21)17-11-14(7-9-27-17)15-12-19(29-20(32)13-15)31-10-3-2-6-18(31)23(24,25)26/h4-5,7-9,11-13,18H,2-3,6,10H2,1H3,(H,29,32)(H,28,30,33). The van der Waals surface area contributed by atoms with Gasteiger partial charge in [0.25, 0.3) is 0 Å². The van der Waals surface area contributed by atoms with Gasteiger partial charge in [-0.2, -0.15) is 13.2 Å². The lowest BCUT2D eigenvalue weighted by Gasteiger charge is -2.38. The second-order valence-corrected chi connectivity index (χ2v) is 7.81. The van der Waals surface area contributed by atoms with Crippen molar-refractivity contribution in [2.24, 2.45) is 0 Å². The monoisotopic (exact) mass is 473 g/mol. The number of methoxy groups -OCH3 is 1. The zero-order valence-electron chi connectivity index (χ0n) is 18.2. The molecule has 4 rings (SSSR count). The average Bonchev–Trinajstić information content (AvgIpc) is 2.83. The van der Waals surface area contributed by atoms with E-state index in [-0.39, 0.29) is 24.6 Å². The normalized spacial score (nSPS) is 16.2. The predicted octanol–water partition coefficient (Wildman–Crippen LogP) is 4.60. The highest BCUT2D eigenvalue weighted by Gasteiger charge is 2.45. The molecule has 0 spiro atoms. The number of nitrogens with zero attached hydrogens (tertiary/aromatic N) is 3. The Morgan fingerprint density at radius 2 is 1.97 bits per heavy atom. The molecule has 34 heavy (non-hydrogen) atoms. The van der Waals surface area contributed by atoms with E-state index in [2.05, 4.69) is 25.0 Å². The molecule has 1 amide bonds. The first-order valence-electron chi connectivity index (χ1n) is 10.6. The molecule has 4 heterocycles. The minimum atomic E-state index is -4.40. The Hall–Kier alpha value is -3.89. The van der Waals surface area contributed by atoms with Crippen molar-refractivity contribution in [3.8, 4) is 22.4 Å². The molecule has 0 bridgehead atoms. The number of hydrogen-bond acceptors (Lipinski definition) is 6. The first kappa shape index (κ1) is 23.3. The molecule has 0 aliphatic carbocycles. The van der Waals surface area contributed by atoms with Crippen molar-refractivity contribution in [3.63, 3.8) is 0 Å². The van der Waals surface area contributed by atoms with Gasteiger partial charge in [0, 0.05) is 30.6 Å². The number of H-pyrrole nitrogens is 1. The van der Waals surface area contributed by atoms with E-state index in [1.807, 2.05) is 0 Å². The van der Waals surface area contributed by atoms with Gasteiger partial charge in [0.1, 0.15) is 17.7 Å². The van der Waals surface area contributed by atoms with Gasteiger partial charge in [-0.05, 0) is 60.7 Å². The Kier molecular flexibility index (Phi) is 6.53. The van der Waals surface area contributed by atoms with Crippen molar-refractivity contribution in [1.29, 1.82) is 0 Å². The predicted molar refractivity (Wildman–Crippen MR) is 121 cm³/mol. The quantitative estimate of drug-likeness (QED) is 0.575. The third-order valence-electron chi connectivity index (χ3n) is 5.60. The zero-order valence-corrected chi connectivity index (χ0v) is 18.2. The van der Waals surface area contributed by atoms with E-state index in [0.29, 0.717) is 35.2 Å². The number of nitrogens with one attached hydrogen (secondary N) is 2. The van der Waals surface area contributed by atoms with Gasteiger partial charge in [0.05, 0.1) is 12.8 Å². The molecule has 0 aromatic carbocycles. The smallest absolute Gasteiger partial charge is 0.412 e. The summed E-state index contributed by atoms with van der Waals surface area (Å²) in [7, 11) is 1.23. The number of piperidine rings is 1. The first-order chi connectivity index (χ1) is 16.3. The number of pyridine rings is 3. The molecule has 3 aromatic heterocycles. The summed E-state index contributed by atoms with van der Waals surface area (Å²) in [5.41, 5.74) is 1.47. The SMILES string of the molecule is COC(=O)Nc1ncccc1-c1cc(-c2cc(N3CCCCC3C(F)(F)F)[nH]c(=O)c2)ccn1. The lowest BCUT2D eigenvalue weighted by atomic mass is 10.0. The number of rotatable bonds is 4. The fourth-order valence-corrected chi connectivity index (χ4v) is 4.03. The topological polar surface area (TPSA) is 100 Å². The van der Waals surface area contributed by atoms with Crippen molar-refractivity contribution >= 4 is 17.7 Å². The largest absolute Gasteiger partial charge is 0.453 e. The van der Waals surface area contributed by atoms with Gasteiger partial charge < -0.3 is 14.6 Å². The van der Waals surface area contributed by atoms with Crippen LogP contribution in [0.4, 0.5) is 29.6 Å². The maximum Gasteiger partial charge on any atom is 0.412 e. The molecular weight excluding hydrogens is 451 g/mol. The maximum atomic E-state index is 13.6. The number of anilines is 2. The number of ether oxygens (including phenoxy) is 1. The van der Waals surface area contributed by atoms with E-state index in [0.717, 1.165) is 0 Å². The Labute approximate surface area is 192 Å². The minimum absolute atomic E-state index is 0.0217. The summed E-state index contributed by atoms with van der Waals surface area (Å²) in [4.78, 5) is 36.3. The van der Waals surface area contributed by atoms with Crippen LogP contribution in [0.15, 0.2) is 53.6 Å². The number of carbonyl (C=O) groups excluding carboxylic acids is 1. The van der Waals surface area contributed by atoms with Crippen molar-refractivity contribution in [3.05, 3.63) is 59.1 Å². The molecular formula is C23H22F3N5O3. The lowest BCUT2D eigenvalue weighted by Crippen LogP contribution is -2.49. The number of carbonyl (C=O) groups is 1. The Bertz CT molecular complexity index is 1240. The van der Waals surface area contributed by atoms with Crippen molar-refractivity contribution < 1.29 is 22.7 Å². The molecule has 2 N–H and O–H groups in total. The van der Waals surface area contributed by atoms with Crippen LogP contribution in [0.5, 0.6) is 0 Å². The van der Waals surface area contributed by atoms with E-state index < -0.39 is 23.9 Å². The molecule has 3 aromatic rings. The molecule has 1 unspecified atom stereocenters. The van der Waals surface area contributed by atoms with Gasteiger partial charge >= 0.3 is 12.3 Å². The molecule has 0 saturated carbocycles. The molecule has 11 heteroatoms. The van der Waals surface area contributed by atoms with Crippen LogP contribution in [0.25, 0.3) is 22.4 Å². The third kappa shape index (κ3) is 5.03. The van der Waals surface area contributed by atoms with Gasteiger partial charge in [-0.1, -0.05) is 0 Å². The van der Waals surface area contributed by atoms with Crippen LogP contribution in [0.2, 0.25) is 0 Å². The molecule has 1 fully saturated rings. The number of halogens is 3. The zero-order chi connectivity index (χ0) is 24.3. The summed E-state index contributed by atoms with van der Waals surface area (Å²) in [6.07, 6.45) is -1.03. The van der Waals surface area contributed by atoms with Crippen LogP contribution in [0.1, 0.15) is 19.3 Å². The van der Waals surface area contributed by atoms with Gasteiger partial charge in [0.15, 0.2) is 0 Å². The van der Waals surface area contributed by atoms with E-state index in [9.17, 15) is 22.8 Å². The summed E-state index contributed by atoms with van der Waals surface area (Å²) in [6.45, 7) is 0.198. The van der Waals surface area contributed by atoms with E-state index in [4.69, 9.17) is 0 Å². The molecule has 0 radical (unpaired) electrons. The van der Waals surface area contributed by atoms with Gasteiger partial charge in [0.2, 0.25) is 5.56 Å². The van der Waals surface area contributed by atoms with E-state index in [1.165, 1.54) is 30.5 Å².